The molecular formula is C14H10ClN3. The predicted molar refractivity (Wildman–Crippen MR) is 74.4 cm³/mol. The molecule has 88 valence electrons. The van der Waals surface area contributed by atoms with E-state index in [-0.39, 0.29) is 0 Å². The average Bonchev–Trinajstić information content (AvgIpc) is 2.41. The Bertz CT molecular complexity index is 725. The molecule has 0 aliphatic heterocycles. The second kappa shape index (κ2) is 4.27. The van der Waals surface area contributed by atoms with Crippen LogP contribution in [0, 0.1) is 0 Å². The van der Waals surface area contributed by atoms with Crippen LogP contribution in [0.2, 0.25) is 5.02 Å². The van der Waals surface area contributed by atoms with Crippen LogP contribution in [0.1, 0.15) is 0 Å². The number of hydrogen-bond acceptors (Lipinski definition) is 3. The van der Waals surface area contributed by atoms with Gasteiger partial charge in [-0.2, -0.15) is 0 Å². The van der Waals surface area contributed by atoms with Crippen molar-refractivity contribution in [3.63, 3.8) is 0 Å². The Hall–Kier alpha value is -2.13. The molecule has 3 nitrogen and oxygen atoms in total. The van der Waals surface area contributed by atoms with E-state index in [1.165, 1.54) is 11.7 Å². The van der Waals surface area contributed by atoms with Crippen LogP contribution in [-0.2, 0) is 0 Å². The van der Waals surface area contributed by atoms with Crippen molar-refractivity contribution in [2.24, 2.45) is 0 Å². The second-order valence-electron chi connectivity index (χ2n) is 3.98. The van der Waals surface area contributed by atoms with Gasteiger partial charge in [0.05, 0.1) is 5.69 Å². The zero-order chi connectivity index (χ0) is 12.5. The van der Waals surface area contributed by atoms with Crippen LogP contribution in [0.3, 0.4) is 0 Å². The number of anilines is 1. The van der Waals surface area contributed by atoms with Crippen molar-refractivity contribution in [2.75, 3.05) is 5.73 Å². The number of rotatable bonds is 1. The molecule has 0 unspecified atom stereocenters. The molecule has 0 amide bonds. The van der Waals surface area contributed by atoms with Gasteiger partial charge < -0.3 is 5.73 Å². The van der Waals surface area contributed by atoms with Crippen LogP contribution in [-0.4, -0.2) is 9.97 Å². The lowest BCUT2D eigenvalue weighted by Gasteiger charge is -2.06. The van der Waals surface area contributed by atoms with Gasteiger partial charge in [0.25, 0.3) is 0 Å². The van der Waals surface area contributed by atoms with Crippen LogP contribution in [0.15, 0.2) is 48.8 Å². The first-order valence-electron chi connectivity index (χ1n) is 5.51. The van der Waals surface area contributed by atoms with Gasteiger partial charge in [-0.1, -0.05) is 48.0 Å². The highest BCUT2D eigenvalue weighted by Crippen LogP contribution is 2.30. The molecule has 0 spiro atoms. The third-order valence-corrected chi connectivity index (χ3v) is 3.21. The van der Waals surface area contributed by atoms with Crippen LogP contribution < -0.4 is 5.73 Å². The molecule has 0 saturated carbocycles. The highest BCUT2D eigenvalue weighted by molar-refractivity contribution is 6.35. The first-order valence-corrected chi connectivity index (χ1v) is 5.88. The molecular weight excluding hydrogens is 246 g/mol. The molecule has 0 saturated heterocycles. The molecule has 18 heavy (non-hydrogen) atoms. The van der Waals surface area contributed by atoms with Crippen molar-refractivity contribution >= 4 is 28.2 Å². The van der Waals surface area contributed by atoms with E-state index in [1.54, 1.807) is 0 Å². The maximum absolute atomic E-state index is 6.13. The smallest absolute Gasteiger partial charge is 0.146 e. The summed E-state index contributed by atoms with van der Waals surface area (Å²) < 4.78 is 0. The monoisotopic (exact) mass is 255 g/mol. The van der Waals surface area contributed by atoms with Gasteiger partial charge in [0, 0.05) is 5.56 Å². The van der Waals surface area contributed by atoms with Gasteiger partial charge in [-0.3, -0.25) is 0 Å². The summed E-state index contributed by atoms with van der Waals surface area (Å²) in [6.07, 6.45) is 1.42. The fourth-order valence-corrected chi connectivity index (χ4v) is 2.13. The Balaban J connectivity index is 2.22. The predicted octanol–water partition coefficient (Wildman–Crippen LogP) is 3.53. The third-order valence-electron chi connectivity index (χ3n) is 2.84. The molecule has 4 heteroatoms. The molecule has 2 N–H and O–H groups in total. The molecule has 2 aromatic carbocycles. The van der Waals surface area contributed by atoms with E-state index in [4.69, 9.17) is 17.3 Å². The zero-order valence-electron chi connectivity index (χ0n) is 9.47. The van der Waals surface area contributed by atoms with Crippen LogP contribution >= 0.6 is 11.6 Å². The fraction of sp³-hybridized carbons (Fsp3) is 0. The molecule has 0 bridgehead atoms. The lowest BCUT2D eigenvalue weighted by Crippen LogP contribution is -1.95. The van der Waals surface area contributed by atoms with Crippen LogP contribution in [0.5, 0.6) is 0 Å². The number of aromatic nitrogens is 2. The first-order chi connectivity index (χ1) is 8.75. The highest BCUT2D eigenvalue weighted by atomic mass is 35.5. The standard InChI is InChI=1S/C14H10ClN3/c15-12-13(17-8-18-14(12)16)11-6-5-9-3-1-2-4-10(9)7-11/h1-8H,(H2,16,17,18). The van der Waals surface area contributed by atoms with Crippen LogP contribution in [0.25, 0.3) is 22.0 Å². The van der Waals surface area contributed by atoms with Gasteiger partial charge in [0.2, 0.25) is 0 Å². The number of nitrogens with zero attached hydrogens (tertiary/aromatic N) is 2. The SMILES string of the molecule is Nc1ncnc(-c2ccc3ccccc3c2)c1Cl. The third kappa shape index (κ3) is 1.79. The molecule has 0 aliphatic rings. The van der Waals surface area contributed by atoms with Gasteiger partial charge in [0.15, 0.2) is 0 Å². The number of nitrogen functional groups attached to an aromatic ring is 1. The Morgan fingerprint density at radius 3 is 2.56 bits per heavy atom. The summed E-state index contributed by atoms with van der Waals surface area (Å²) in [5, 5.41) is 2.72. The van der Waals surface area contributed by atoms with Crippen molar-refractivity contribution in [3.05, 3.63) is 53.8 Å². The van der Waals surface area contributed by atoms with Crippen molar-refractivity contribution in [2.45, 2.75) is 0 Å². The van der Waals surface area contributed by atoms with Gasteiger partial charge >= 0.3 is 0 Å². The summed E-state index contributed by atoms with van der Waals surface area (Å²) in [5.41, 5.74) is 7.29. The fourth-order valence-electron chi connectivity index (χ4n) is 1.92. The highest BCUT2D eigenvalue weighted by Gasteiger charge is 2.09. The molecule has 0 radical (unpaired) electrons. The molecule has 0 atom stereocenters. The molecule has 0 aliphatic carbocycles. The van der Waals surface area contributed by atoms with E-state index in [2.05, 4.69) is 22.1 Å². The van der Waals surface area contributed by atoms with Crippen molar-refractivity contribution in [3.8, 4) is 11.3 Å². The normalized spacial score (nSPS) is 10.7. The van der Waals surface area contributed by atoms with E-state index in [0.717, 1.165) is 10.9 Å². The van der Waals surface area contributed by atoms with Gasteiger partial charge in [0.1, 0.15) is 17.2 Å². The zero-order valence-corrected chi connectivity index (χ0v) is 10.2. The quantitative estimate of drug-likeness (QED) is 0.724. The summed E-state index contributed by atoms with van der Waals surface area (Å²) >= 11 is 6.13. The van der Waals surface area contributed by atoms with E-state index < -0.39 is 0 Å². The maximum Gasteiger partial charge on any atom is 0.146 e. The Labute approximate surface area is 109 Å². The number of hydrogen-bond donors (Lipinski definition) is 1. The lowest BCUT2D eigenvalue weighted by molar-refractivity contribution is 1.18. The van der Waals surface area contributed by atoms with E-state index in [0.29, 0.717) is 16.5 Å². The van der Waals surface area contributed by atoms with E-state index in [9.17, 15) is 0 Å². The van der Waals surface area contributed by atoms with E-state index >= 15 is 0 Å². The van der Waals surface area contributed by atoms with Crippen molar-refractivity contribution in [1.82, 2.24) is 9.97 Å². The Morgan fingerprint density at radius 1 is 0.944 bits per heavy atom. The summed E-state index contributed by atoms with van der Waals surface area (Å²) in [5.74, 6) is 0.301. The molecule has 1 heterocycles. The number of fused-ring (bicyclic) bond motifs is 1. The van der Waals surface area contributed by atoms with Gasteiger partial charge in [-0.25, -0.2) is 9.97 Å². The maximum atomic E-state index is 6.13. The van der Waals surface area contributed by atoms with Crippen molar-refractivity contribution < 1.29 is 0 Å². The van der Waals surface area contributed by atoms with Crippen molar-refractivity contribution in [1.29, 1.82) is 0 Å². The lowest BCUT2D eigenvalue weighted by atomic mass is 10.0. The molecule has 1 aromatic heterocycles. The Morgan fingerprint density at radius 2 is 1.72 bits per heavy atom. The first kappa shape index (κ1) is 11.0. The summed E-state index contributed by atoms with van der Waals surface area (Å²) in [7, 11) is 0. The summed E-state index contributed by atoms with van der Waals surface area (Å²) in [6, 6.07) is 14.2. The number of benzene rings is 2. The van der Waals surface area contributed by atoms with E-state index in [1.807, 2.05) is 30.3 Å². The van der Waals surface area contributed by atoms with Gasteiger partial charge in [-0.15, -0.1) is 0 Å². The minimum Gasteiger partial charge on any atom is -0.382 e. The topological polar surface area (TPSA) is 51.8 Å². The van der Waals surface area contributed by atoms with Crippen LogP contribution in [0.4, 0.5) is 5.82 Å². The van der Waals surface area contributed by atoms with Gasteiger partial charge in [-0.05, 0) is 16.8 Å². The second-order valence-corrected chi connectivity index (χ2v) is 4.36. The summed E-state index contributed by atoms with van der Waals surface area (Å²) in [4.78, 5) is 8.06. The number of halogens is 1. The number of nitrogens with two attached hydrogens (primary N) is 1. The minimum atomic E-state index is 0.301. The molecule has 3 rings (SSSR count). The minimum absolute atomic E-state index is 0.301. The molecule has 0 fully saturated rings. The largest absolute Gasteiger partial charge is 0.382 e. The molecule has 3 aromatic rings. The average molecular weight is 256 g/mol. The summed E-state index contributed by atoms with van der Waals surface area (Å²) in [6.45, 7) is 0. The Kier molecular flexibility index (Phi) is 2.61.